The molecule has 2 heterocycles. The number of nitrogens with zero attached hydrogens (tertiary/aromatic N) is 4. The minimum atomic E-state index is -0.933. The Kier molecular flexibility index (Phi) is 4.74. The smallest absolute Gasteiger partial charge is 0.333 e. The SMILES string of the molecule is COC(=O)C(C)(C)n1ncc(Nc2ncc(Cl)c(OC)n2)c1C. The number of aromatic nitrogens is 4. The number of hydrogen-bond acceptors (Lipinski definition) is 7. The molecule has 0 fully saturated rings. The van der Waals surface area contributed by atoms with Gasteiger partial charge in [0, 0.05) is 0 Å². The zero-order valence-electron chi connectivity index (χ0n) is 13.5. The van der Waals surface area contributed by atoms with E-state index in [-0.39, 0.29) is 11.8 Å². The van der Waals surface area contributed by atoms with E-state index in [1.807, 2.05) is 6.92 Å². The Bertz CT molecular complexity index is 729. The van der Waals surface area contributed by atoms with Crippen LogP contribution in [0.15, 0.2) is 12.4 Å². The van der Waals surface area contributed by atoms with Crippen LogP contribution < -0.4 is 10.1 Å². The van der Waals surface area contributed by atoms with Gasteiger partial charge in [0.2, 0.25) is 11.8 Å². The lowest BCUT2D eigenvalue weighted by Gasteiger charge is -2.23. The van der Waals surface area contributed by atoms with Crippen LogP contribution >= 0.6 is 11.6 Å². The highest BCUT2D eigenvalue weighted by Crippen LogP contribution is 2.27. The molecule has 0 saturated carbocycles. The van der Waals surface area contributed by atoms with Gasteiger partial charge in [-0.3, -0.25) is 4.68 Å². The molecular weight excluding hydrogens is 322 g/mol. The molecule has 1 N–H and O–H groups in total. The zero-order valence-corrected chi connectivity index (χ0v) is 14.3. The van der Waals surface area contributed by atoms with E-state index in [2.05, 4.69) is 20.4 Å². The number of halogens is 1. The molecule has 9 heteroatoms. The molecule has 0 spiro atoms. The van der Waals surface area contributed by atoms with Crippen LogP contribution in [0.3, 0.4) is 0 Å². The summed E-state index contributed by atoms with van der Waals surface area (Å²) in [5.41, 5.74) is 0.460. The van der Waals surface area contributed by atoms with Crippen LogP contribution in [0.5, 0.6) is 5.88 Å². The first kappa shape index (κ1) is 17.0. The molecule has 0 saturated heterocycles. The third-order valence-electron chi connectivity index (χ3n) is 3.38. The summed E-state index contributed by atoms with van der Waals surface area (Å²) < 4.78 is 11.5. The number of hydrogen-bond donors (Lipinski definition) is 1. The predicted molar refractivity (Wildman–Crippen MR) is 85.2 cm³/mol. The Morgan fingerprint density at radius 3 is 2.65 bits per heavy atom. The molecule has 124 valence electrons. The van der Waals surface area contributed by atoms with Crippen LogP contribution in [-0.2, 0) is 15.1 Å². The van der Waals surface area contributed by atoms with Gasteiger partial charge in [-0.1, -0.05) is 11.6 Å². The molecule has 0 radical (unpaired) electrons. The van der Waals surface area contributed by atoms with E-state index in [4.69, 9.17) is 21.1 Å². The lowest BCUT2D eigenvalue weighted by atomic mass is 10.1. The number of anilines is 2. The molecule has 0 atom stereocenters. The first-order valence-corrected chi connectivity index (χ1v) is 7.16. The van der Waals surface area contributed by atoms with Crippen LogP contribution in [0.1, 0.15) is 19.5 Å². The van der Waals surface area contributed by atoms with Crippen LogP contribution in [-0.4, -0.2) is 39.9 Å². The third-order valence-corrected chi connectivity index (χ3v) is 3.64. The summed E-state index contributed by atoms with van der Waals surface area (Å²) in [6.45, 7) is 5.28. The maximum absolute atomic E-state index is 11.9. The molecule has 0 aliphatic heterocycles. The second-order valence-electron chi connectivity index (χ2n) is 5.28. The maximum Gasteiger partial charge on any atom is 0.333 e. The Hall–Kier alpha value is -2.35. The first-order chi connectivity index (χ1) is 10.8. The molecule has 0 aliphatic carbocycles. The second-order valence-corrected chi connectivity index (χ2v) is 5.69. The maximum atomic E-state index is 11.9. The zero-order chi connectivity index (χ0) is 17.2. The van der Waals surface area contributed by atoms with Crippen molar-refractivity contribution in [3.8, 4) is 5.88 Å². The largest absolute Gasteiger partial charge is 0.480 e. The topological polar surface area (TPSA) is 91.2 Å². The molecule has 2 aromatic rings. The Balaban J connectivity index is 2.31. The predicted octanol–water partition coefficient (Wildman–Crippen LogP) is 2.30. The molecule has 0 amide bonds. The number of methoxy groups -OCH3 is 2. The van der Waals surface area contributed by atoms with Crippen molar-refractivity contribution in [2.24, 2.45) is 0 Å². The average molecular weight is 340 g/mol. The quantitative estimate of drug-likeness (QED) is 0.835. The van der Waals surface area contributed by atoms with Crippen molar-refractivity contribution in [2.45, 2.75) is 26.3 Å². The number of rotatable bonds is 5. The van der Waals surface area contributed by atoms with Crippen LogP contribution in [0.4, 0.5) is 11.6 Å². The van der Waals surface area contributed by atoms with Gasteiger partial charge >= 0.3 is 5.97 Å². The standard InChI is InChI=1S/C14H18ClN5O3/c1-8-10(7-17-20(8)14(2,3)12(21)23-5)18-13-16-6-9(15)11(19-13)22-4/h6-7H,1-5H3,(H,16,18,19). The van der Waals surface area contributed by atoms with E-state index in [0.717, 1.165) is 5.69 Å². The second kappa shape index (κ2) is 6.41. The van der Waals surface area contributed by atoms with Crippen molar-refractivity contribution in [3.63, 3.8) is 0 Å². The van der Waals surface area contributed by atoms with Gasteiger partial charge in [-0.15, -0.1) is 0 Å². The van der Waals surface area contributed by atoms with Crippen molar-refractivity contribution in [3.05, 3.63) is 23.1 Å². The fourth-order valence-corrected chi connectivity index (χ4v) is 2.28. The number of carbonyl (C=O) groups is 1. The van der Waals surface area contributed by atoms with Crippen molar-refractivity contribution in [1.82, 2.24) is 19.7 Å². The normalized spacial score (nSPS) is 11.2. The molecule has 0 unspecified atom stereocenters. The third kappa shape index (κ3) is 3.21. The highest BCUT2D eigenvalue weighted by molar-refractivity contribution is 6.31. The van der Waals surface area contributed by atoms with E-state index in [1.54, 1.807) is 24.7 Å². The Morgan fingerprint density at radius 2 is 2.04 bits per heavy atom. The molecule has 0 bridgehead atoms. The monoisotopic (exact) mass is 339 g/mol. The summed E-state index contributed by atoms with van der Waals surface area (Å²) >= 11 is 5.90. The summed E-state index contributed by atoms with van der Waals surface area (Å²) in [6.07, 6.45) is 3.03. The summed E-state index contributed by atoms with van der Waals surface area (Å²) in [7, 11) is 2.82. The van der Waals surface area contributed by atoms with Gasteiger partial charge in [0.1, 0.15) is 5.02 Å². The number of carbonyl (C=O) groups excluding carboxylic acids is 1. The van der Waals surface area contributed by atoms with Gasteiger partial charge in [-0.25, -0.2) is 9.78 Å². The number of ether oxygens (including phenoxy) is 2. The van der Waals surface area contributed by atoms with Gasteiger partial charge < -0.3 is 14.8 Å². The lowest BCUT2D eigenvalue weighted by Crippen LogP contribution is -2.38. The highest BCUT2D eigenvalue weighted by Gasteiger charge is 2.33. The van der Waals surface area contributed by atoms with Gasteiger partial charge in [0.25, 0.3) is 0 Å². The van der Waals surface area contributed by atoms with Crippen molar-refractivity contribution >= 4 is 29.2 Å². The highest BCUT2D eigenvalue weighted by atomic mass is 35.5. The van der Waals surface area contributed by atoms with Crippen molar-refractivity contribution in [2.75, 3.05) is 19.5 Å². The van der Waals surface area contributed by atoms with Crippen LogP contribution in [0, 0.1) is 6.92 Å². The molecule has 0 aromatic carbocycles. The van der Waals surface area contributed by atoms with E-state index in [1.165, 1.54) is 20.4 Å². The molecular formula is C14H18ClN5O3. The van der Waals surface area contributed by atoms with E-state index < -0.39 is 5.54 Å². The average Bonchev–Trinajstić information content (AvgIpc) is 2.89. The molecule has 2 aromatic heterocycles. The minimum absolute atomic E-state index is 0.268. The Labute approximate surface area is 138 Å². The van der Waals surface area contributed by atoms with E-state index in [0.29, 0.717) is 16.7 Å². The van der Waals surface area contributed by atoms with E-state index in [9.17, 15) is 4.79 Å². The first-order valence-electron chi connectivity index (χ1n) is 6.78. The Morgan fingerprint density at radius 1 is 1.35 bits per heavy atom. The summed E-state index contributed by atoms with van der Waals surface area (Å²) in [5, 5.41) is 7.60. The number of esters is 1. The summed E-state index contributed by atoms with van der Waals surface area (Å²) in [6, 6.07) is 0. The van der Waals surface area contributed by atoms with Crippen molar-refractivity contribution in [1.29, 1.82) is 0 Å². The minimum Gasteiger partial charge on any atom is -0.480 e. The fourth-order valence-electron chi connectivity index (χ4n) is 2.11. The van der Waals surface area contributed by atoms with Gasteiger partial charge in [-0.2, -0.15) is 10.1 Å². The molecule has 0 aliphatic rings. The van der Waals surface area contributed by atoms with Gasteiger partial charge in [-0.05, 0) is 20.8 Å². The molecule has 23 heavy (non-hydrogen) atoms. The fraction of sp³-hybridized carbons (Fsp3) is 0.429. The molecule has 2 rings (SSSR count). The van der Waals surface area contributed by atoms with Crippen LogP contribution in [0.25, 0.3) is 0 Å². The lowest BCUT2D eigenvalue weighted by molar-refractivity contribution is -0.150. The summed E-state index contributed by atoms with van der Waals surface area (Å²) in [5.74, 6) is 0.188. The van der Waals surface area contributed by atoms with Crippen LogP contribution in [0.2, 0.25) is 5.02 Å². The van der Waals surface area contributed by atoms with Crippen molar-refractivity contribution < 1.29 is 14.3 Å². The summed E-state index contributed by atoms with van der Waals surface area (Å²) in [4.78, 5) is 20.1. The van der Waals surface area contributed by atoms with Gasteiger partial charge in [0.15, 0.2) is 5.54 Å². The molecule has 8 nitrogen and oxygen atoms in total. The van der Waals surface area contributed by atoms with E-state index >= 15 is 0 Å². The number of nitrogens with one attached hydrogen (secondary N) is 1. The van der Waals surface area contributed by atoms with Gasteiger partial charge in [0.05, 0.1) is 38.0 Å².